The van der Waals surface area contributed by atoms with Gasteiger partial charge in [0.1, 0.15) is 5.82 Å². The molecule has 1 saturated heterocycles. The first-order valence-electron chi connectivity index (χ1n) is 11.2. The number of nitrogens with one attached hydrogen (secondary N) is 2. The number of carbonyl (C=O) groups is 1. The second kappa shape index (κ2) is 7.68. The van der Waals surface area contributed by atoms with E-state index in [2.05, 4.69) is 34.6 Å². The minimum Gasteiger partial charge on any atom is -0.335 e. The summed E-state index contributed by atoms with van der Waals surface area (Å²) in [4.78, 5) is 16.9. The maximum Gasteiger partial charge on any atom is 0.320 e. The SMILES string of the molecule is CC1(C)Cc2c(-c3cc(NC(=O)NC4CC45CCN(S(C)(=O)=O)CC5)ncc3Cl)cnn2C1. The molecule has 2 aliphatic heterocycles. The number of amides is 2. The predicted molar refractivity (Wildman–Crippen MR) is 127 cm³/mol. The van der Waals surface area contributed by atoms with Crippen LogP contribution in [0.5, 0.6) is 0 Å². The molecule has 4 heterocycles. The summed E-state index contributed by atoms with van der Waals surface area (Å²) < 4.78 is 27.0. The predicted octanol–water partition coefficient (Wildman–Crippen LogP) is 3.12. The molecule has 1 saturated carbocycles. The van der Waals surface area contributed by atoms with Gasteiger partial charge in [0.25, 0.3) is 0 Å². The standard InChI is InChI=1S/C22H29ClN6O3S/c1-21(2)9-17-15(11-25-29(17)13-21)14-8-19(24-12-16(14)23)27-20(30)26-18-10-22(18)4-6-28(7-5-22)33(3,31)32/h8,11-12,18H,4-7,9-10,13H2,1-3H3,(H2,24,26,27,30). The molecule has 1 atom stereocenters. The average Bonchev–Trinajstić information content (AvgIpc) is 3.05. The molecule has 11 heteroatoms. The lowest BCUT2D eigenvalue weighted by Crippen LogP contribution is -2.41. The van der Waals surface area contributed by atoms with Crippen molar-refractivity contribution in [1.82, 2.24) is 24.4 Å². The van der Waals surface area contributed by atoms with Crippen molar-refractivity contribution in [2.45, 2.75) is 52.1 Å². The fraction of sp³-hybridized carbons (Fsp3) is 0.591. The largest absolute Gasteiger partial charge is 0.335 e. The van der Waals surface area contributed by atoms with E-state index in [0.29, 0.717) is 23.9 Å². The first-order valence-corrected chi connectivity index (χ1v) is 13.4. The van der Waals surface area contributed by atoms with E-state index >= 15 is 0 Å². The first kappa shape index (κ1) is 22.6. The Morgan fingerprint density at radius 1 is 1.21 bits per heavy atom. The molecule has 1 aliphatic carbocycles. The van der Waals surface area contributed by atoms with Crippen molar-refractivity contribution >= 4 is 33.5 Å². The van der Waals surface area contributed by atoms with Crippen LogP contribution in [0, 0.1) is 10.8 Å². The molecule has 2 fully saturated rings. The van der Waals surface area contributed by atoms with Crippen LogP contribution in [0.25, 0.3) is 11.1 Å². The van der Waals surface area contributed by atoms with E-state index in [1.165, 1.54) is 10.6 Å². The van der Waals surface area contributed by atoms with Gasteiger partial charge in [-0.2, -0.15) is 5.10 Å². The third-order valence-corrected chi connectivity index (χ3v) is 8.85. The second-order valence-corrected chi connectivity index (χ2v) is 12.8. The third kappa shape index (κ3) is 4.36. The van der Waals surface area contributed by atoms with Crippen LogP contribution < -0.4 is 10.6 Å². The normalized spacial score (nSPS) is 23.3. The summed E-state index contributed by atoms with van der Waals surface area (Å²) in [5.41, 5.74) is 3.06. The van der Waals surface area contributed by atoms with Crippen molar-refractivity contribution in [1.29, 1.82) is 0 Å². The number of piperidine rings is 1. The van der Waals surface area contributed by atoms with Crippen molar-refractivity contribution in [3.8, 4) is 11.1 Å². The summed E-state index contributed by atoms with van der Waals surface area (Å²) in [6.07, 6.45) is 7.92. The highest BCUT2D eigenvalue weighted by Gasteiger charge is 2.56. The van der Waals surface area contributed by atoms with Gasteiger partial charge in [0.05, 0.1) is 17.5 Å². The smallest absolute Gasteiger partial charge is 0.320 e. The molecule has 0 bridgehead atoms. The summed E-state index contributed by atoms with van der Waals surface area (Å²) in [6, 6.07) is 1.52. The van der Waals surface area contributed by atoms with Gasteiger partial charge in [0, 0.05) is 48.7 Å². The number of anilines is 1. The molecule has 2 aromatic heterocycles. The molecule has 5 rings (SSSR count). The molecule has 1 spiro atoms. The Morgan fingerprint density at radius 3 is 2.64 bits per heavy atom. The molecule has 2 aromatic rings. The molecular formula is C22H29ClN6O3S. The summed E-state index contributed by atoms with van der Waals surface area (Å²) in [5, 5.41) is 10.9. The Kier molecular flexibility index (Phi) is 5.26. The zero-order valence-corrected chi connectivity index (χ0v) is 20.6. The highest BCUT2D eigenvalue weighted by Crippen LogP contribution is 2.54. The molecule has 2 N–H and O–H groups in total. The maximum absolute atomic E-state index is 12.6. The number of nitrogens with zero attached hydrogens (tertiary/aromatic N) is 4. The molecule has 178 valence electrons. The molecule has 2 amide bonds. The van der Waals surface area contributed by atoms with Gasteiger partial charge in [-0.3, -0.25) is 10.00 Å². The number of halogens is 1. The average molecular weight is 493 g/mol. The van der Waals surface area contributed by atoms with Gasteiger partial charge in [-0.15, -0.1) is 0 Å². The van der Waals surface area contributed by atoms with Crippen LogP contribution >= 0.6 is 11.6 Å². The topological polar surface area (TPSA) is 109 Å². The lowest BCUT2D eigenvalue weighted by Gasteiger charge is -2.31. The van der Waals surface area contributed by atoms with Gasteiger partial charge in [-0.1, -0.05) is 25.4 Å². The zero-order chi connectivity index (χ0) is 23.6. The third-order valence-electron chi connectivity index (χ3n) is 7.24. The van der Waals surface area contributed by atoms with E-state index in [1.54, 1.807) is 12.3 Å². The molecule has 0 radical (unpaired) electrons. The fourth-order valence-electron chi connectivity index (χ4n) is 5.26. The number of hydrogen-bond acceptors (Lipinski definition) is 5. The van der Waals surface area contributed by atoms with Gasteiger partial charge in [0.2, 0.25) is 10.0 Å². The van der Waals surface area contributed by atoms with E-state index in [-0.39, 0.29) is 22.9 Å². The number of sulfonamides is 1. The van der Waals surface area contributed by atoms with E-state index in [0.717, 1.165) is 49.0 Å². The molecule has 9 nitrogen and oxygen atoms in total. The van der Waals surface area contributed by atoms with Gasteiger partial charge < -0.3 is 5.32 Å². The minimum atomic E-state index is -3.16. The van der Waals surface area contributed by atoms with Crippen LogP contribution in [-0.2, 0) is 23.0 Å². The molecule has 33 heavy (non-hydrogen) atoms. The van der Waals surface area contributed by atoms with Crippen molar-refractivity contribution in [3.05, 3.63) is 29.2 Å². The van der Waals surface area contributed by atoms with Crippen LogP contribution in [0.4, 0.5) is 10.6 Å². The van der Waals surface area contributed by atoms with Crippen molar-refractivity contribution in [2.24, 2.45) is 10.8 Å². The van der Waals surface area contributed by atoms with E-state index in [1.807, 2.05) is 10.9 Å². The summed E-state index contributed by atoms with van der Waals surface area (Å²) in [6.45, 7) is 6.31. The molecule has 1 unspecified atom stereocenters. The van der Waals surface area contributed by atoms with Gasteiger partial charge in [0.15, 0.2) is 0 Å². The summed E-state index contributed by atoms with van der Waals surface area (Å²) in [5.74, 6) is 0.422. The van der Waals surface area contributed by atoms with Gasteiger partial charge >= 0.3 is 6.03 Å². The van der Waals surface area contributed by atoms with E-state index in [9.17, 15) is 13.2 Å². The van der Waals surface area contributed by atoms with Crippen LogP contribution in [0.3, 0.4) is 0 Å². The zero-order valence-electron chi connectivity index (χ0n) is 19.1. The number of aromatic nitrogens is 3. The Labute approximate surface area is 198 Å². The van der Waals surface area contributed by atoms with Crippen LogP contribution in [0.2, 0.25) is 5.02 Å². The number of fused-ring (bicyclic) bond motifs is 1. The van der Waals surface area contributed by atoms with E-state index < -0.39 is 10.0 Å². The van der Waals surface area contributed by atoms with Crippen molar-refractivity contribution < 1.29 is 13.2 Å². The van der Waals surface area contributed by atoms with E-state index in [4.69, 9.17) is 11.6 Å². The maximum atomic E-state index is 12.6. The number of urea groups is 1. The highest BCUT2D eigenvalue weighted by molar-refractivity contribution is 7.88. The second-order valence-electron chi connectivity index (χ2n) is 10.4. The van der Waals surface area contributed by atoms with Gasteiger partial charge in [-0.25, -0.2) is 22.5 Å². The number of pyridine rings is 1. The number of carbonyl (C=O) groups excluding carboxylic acids is 1. The lowest BCUT2D eigenvalue weighted by atomic mass is 9.89. The lowest BCUT2D eigenvalue weighted by molar-refractivity contribution is 0.234. The van der Waals surface area contributed by atoms with Crippen LogP contribution in [0.15, 0.2) is 18.5 Å². The van der Waals surface area contributed by atoms with Gasteiger partial charge in [-0.05, 0) is 42.6 Å². The highest BCUT2D eigenvalue weighted by atomic mass is 35.5. The Hall–Kier alpha value is -2.17. The Balaban J connectivity index is 1.23. The molecule has 0 aromatic carbocycles. The first-order chi connectivity index (χ1) is 15.5. The van der Waals surface area contributed by atoms with Crippen molar-refractivity contribution in [3.63, 3.8) is 0 Å². The fourth-order valence-corrected chi connectivity index (χ4v) is 6.32. The summed E-state index contributed by atoms with van der Waals surface area (Å²) >= 11 is 6.46. The Bertz CT molecular complexity index is 1220. The Morgan fingerprint density at radius 2 is 1.94 bits per heavy atom. The van der Waals surface area contributed by atoms with Crippen molar-refractivity contribution in [2.75, 3.05) is 24.7 Å². The monoisotopic (exact) mass is 492 g/mol. The molecule has 3 aliphatic rings. The van der Waals surface area contributed by atoms with Crippen LogP contribution in [-0.4, -0.2) is 58.9 Å². The number of hydrogen-bond donors (Lipinski definition) is 2. The minimum absolute atomic E-state index is 0.00263. The summed E-state index contributed by atoms with van der Waals surface area (Å²) in [7, 11) is -3.16. The number of rotatable bonds is 4. The van der Waals surface area contributed by atoms with Crippen LogP contribution in [0.1, 0.15) is 38.8 Å². The molecular weight excluding hydrogens is 464 g/mol. The quantitative estimate of drug-likeness (QED) is 0.681.